The minimum Gasteiger partial charge on any atom is -0.368 e. The molecule has 7 nitrogen and oxygen atoms in total. The first-order valence-corrected chi connectivity index (χ1v) is 10.8. The summed E-state index contributed by atoms with van der Waals surface area (Å²) in [6.45, 7) is 2.82. The summed E-state index contributed by atoms with van der Waals surface area (Å²) in [4.78, 5) is 17.2. The molecule has 3 fully saturated rings. The van der Waals surface area contributed by atoms with Gasteiger partial charge in [0.25, 0.3) is 0 Å². The van der Waals surface area contributed by atoms with Gasteiger partial charge in [-0.1, -0.05) is 0 Å². The monoisotopic (exact) mass is 378 g/mol. The van der Waals surface area contributed by atoms with Crippen molar-refractivity contribution in [2.75, 3.05) is 31.1 Å². The fourth-order valence-corrected chi connectivity index (χ4v) is 5.46. The number of benzene rings is 1. The summed E-state index contributed by atoms with van der Waals surface area (Å²) >= 11 is 0. The summed E-state index contributed by atoms with van der Waals surface area (Å²) in [6, 6.07) is 6.61. The molecule has 1 aromatic rings. The number of sulfonamides is 1. The van der Waals surface area contributed by atoms with Gasteiger partial charge in [0.15, 0.2) is 0 Å². The molecule has 1 aliphatic heterocycles. The van der Waals surface area contributed by atoms with Crippen molar-refractivity contribution in [1.29, 1.82) is 0 Å². The topological polar surface area (TPSA) is 110 Å². The van der Waals surface area contributed by atoms with Crippen molar-refractivity contribution in [3.8, 4) is 0 Å². The predicted molar refractivity (Wildman–Crippen MR) is 98.9 cm³/mol. The van der Waals surface area contributed by atoms with Crippen molar-refractivity contribution in [2.24, 2.45) is 28.6 Å². The number of anilines is 1. The predicted octanol–water partition coefficient (Wildman–Crippen LogP) is 0.356. The standard InChI is InChI=1S/C18H26N4O3S/c19-17-13-2-1-12(11-13)16(17)18(23)22-9-7-21(8-10-22)14-3-5-15(6-4-14)26(20,24)25/h3-6,12-13,16-17H,1-2,7-11,19H2,(H2,20,24,25). The molecule has 4 unspecified atom stereocenters. The molecule has 142 valence electrons. The lowest BCUT2D eigenvalue weighted by Crippen LogP contribution is -2.54. The van der Waals surface area contributed by atoms with Crippen LogP contribution in [0.4, 0.5) is 5.69 Å². The minimum atomic E-state index is -3.67. The van der Waals surface area contributed by atoms with Gasteiger partial charge in [-0.05, 0) is 55.4 Å². The summed E-state index contributed by atoms with van der Waals surface area (Å²) in [5.41, 5.74) is 7.27. The number of rotatable bonds is 3. The van der Waals surface area contributed by atoms with E-state index in [1.807, 2.05) is 4.90 Å². The maximum Gasteiger partial charge on any atom is 0.238 e. The van der Waals surface area contributed by atoms with Crippen molar-refractivity contribution in [2.45, 2.75) is 30.2 Å². The Balaban J connectivity index is 1.37. The lowest BCUT2D eigenvalue weighted by atomic mass is 9.84. The quantitative estimate of drug-likeness (QED) is 0.789. The summed E-state index contributed by atoms with van der Waals surface area (Å²) in [7, 11) is -3.67. The molecule has 2 saturated carbocycles. The highest BCUT2D eigenvalue weighted by molar-refractivity contribution is 7.89. The fraction of sp³-hybridized carbons (Fsp3) is 0.611. The molecule has 1 saturated heterocycles. The first-order valence-electron chi connectivity index (χ1n) is 9.27. The van der Waals surface area contributed by atoms with Crippen LogP contribution in [-0.4, -0.2) is 51.4 Å². The Kier molecular flexibility index (Phi) is 4.45. The van der Waals surface area contributed by atoms with Crippen molar-refractivity contribution in [3.63, 3.8) is 0 Å². The molecule has 26 heavy (non-hydrogen) atoms. The van der Waals surface area contributed by atoms with Crippen LogP contribution in [0.5, 0.6) is 0 Å². The highest BCUT2D eigenvalue weighted by Crippen LogP contribution is 2.48. The maximum absolute atomic E-state index is 12.9. The van der Waals surface area contributed by atoms with Gasteiger partial charge in [0, 0.05) is 37.9 Å². The molecule has 8 heteroatoms. The van der Waals surface area contributed by atoms with Gasteiger partial charge in [0.2, 0.25) is 15.9 Å². The Hall–Kier alpha value is -1.64. The van der Waals surface area contributed by atoms with Gasteiger partial charge < -0.3 is 15.5 Å². The molecule has 2 bridgehead atoms. The molecule has 0 aromatic heterocycles. The fourth-order valence-electron chi connectivity index (χ4n) is 4.94. The van der Waals surface area contributed by atoms with E-state index in [-0.39, 0.29) is 22.8 Å². The first kappa shape index (κ1) is 17.8. The second-order valence-corrected chi connectivity index (χ2v) is 9.35. The lowest BCUT2D eigenvalue weighted by Gasteiger charge is -2.39. The Morgan fingerprint density at radius 3 is 2.15 bits per heavy atom. The number of carbonyl (C=O) groups excluding carboxylic acids is 1. The van der Waals surface area contributed by atoms with E-state index in [1.165, 1.54) is 18.6 Å². The molecule has 0 radical (unpaired) electrons. The zero-order valence-corrected chi connectivity index (χ0v) is 15.6. The van der Waals surface area contributed by atoms with Crippen LogP contribution in [-0.2, 0) is 14.8 Å². The number of nitrogens with two attached hydrogens (primary N) is 2. The number of carbonyl (C=O) groups is 1. The number of fused-ring (bicyclic) bond motifs is 2. The van der Waals surface area contributed by atoms with E-state index in [2.05, 4.69) is 4.90 Å². The van der Waals surface area contributed by atoms with Crippen molar-refractivity contribution < 1.29 is 13.2 Å². The number of amides is 1. The summed E-state index contributed by atoms with van der Waals surface area (Å²) in [6.07, 6.45) is 3.44. The van der Waals surface area contributed by atoms with Gasteiger partial charge >= 0.3 is 0 Å². The molecule has 3 aliphatic rings. The van der Waals surface area contributed by atoms with Gasteiger partial charge in [0.05, 0.1) is 10.8 Å². The van der Waals surface area contributed by atoms with Crippen LogP contribution >= 0.6 is 0 Å². The summed E-state index contributed by atoms with van der Waals surface area (Å²) < 4.78 is 22.7. The highest BCUT2D eigenvalue weighted by Gasteiger charge is 2.50. The van der Waals surface area contributed by atoms with Gasteiger partial charge in [-0.2, -0.15) is 0 Å². The van der Waals surface area contributed by atoms with Crippen LogP contribution in [0.15, 0.2) is 29.2 Å². The van der Waals surface area contributed by atoms with E-state index in [0.29, 0.717) is 24.9 Å². The number of hydrogen-bond donors (Lipinski definition) is 2. The van der Waals surface area contributed by atoms with Crippen LogP contribution in [0.1, 0.15) is 19.3 Å². The Morgan fingerprint density at radius 1 is 1.00 bits per heavy atom. The molecular weight excluding hydrogens is 352 g/mol. The van der Waals surface area contributed by atoms with Crippen molar-refractivity contribution in [3.05, 3.63) is 24.3 Å². The van der Waals surface area contributed by atoms with Crippen molar-refractivity contribution in [1.82, 2.24) is 4.90 Å². The van der Waals surface area contributed by atoms with E-state index in [4.69, 9.17) is 10.9 Å². The van der Waals surface area contributed by atoms with E-state index in [9.17, 15) is 13.2 Å². The van der Waals surface area contributed by atoms with Gasteiger partial charge in [-0.25, -0.2) is 13.6 Å². The van der Waals surface area contributed by atoms with E-state index in [1.54, 1.807) is 12.1 Å². The van der Waals surface area contributed by atoms with Crippen LogP contribution in [0.2, 0.25) is 0 Å². The van der Waals surface area contributed by atoms with Crippen LogP contribution in [0.3, 0.4) is 0 Å². The third-order valence-electron chi connectivity index (χ3n) is 6.39. The van der Waals surface area contributed by atoms with Gasteiger partial charge in [-0.3, -0.25) is 4.79 Å². The zero-order valence-electron chi connectivity index (χ0n) is 14.8. The van der Waals surface area contributed by atoms with Crippen molar-refractivity contribution >= 4 is 21.6 Å². The summed E-state index contributed by atoms with van der Waals surface area (Å²) in [5, 5.41) is 5.14. The van der Waals surface area contributed by atoms with E-state index >= 15 is 0 Å². The van der Waals surface area contributed by atoms with Crippen LogP contribution in [0, 0.1) is 17.8 Å². The van der Waals surface area contributed by atoms with Gasteiger partial charge in [-0.15, -0.1) is 0 Å². The molecule has 0 spiro atoms. The van der Waals surface area contributed by atoms with Gasteiger partial charge in [0.1, 0.15) is 0 Å². The zero-order chi connectivity index (χ0) is 18.5. The smallest absolute Gasteiger partial charge is 0.238 e. The van der Waals surface area contributed by atoms with E-state index < -0.39 is 10.0 Å². The first-order chi connectivity index (χ1) is 12.3. The third kappa shape index (κ3) is 3.10. The Bertz CT molecular complexity index is 785. The second kappa shape index (κ2) is 6.51. The average Bonchev–Trinajstić information content (AvgIpc) is 3.22. The number of piperazine rings is 1. The molecule has 1 aromatic carbocycles. The molecule has 4 rings (SSSR count). The number of primary sulfonamides is 1. The lowest BCUT2D eigenvalue weighted by molar-refractivity contribution is -0.138. The SMILES string of the molecule is NC1C2CCC(C2)C1C(=O)N1CCN(c2ccc(S(N)(=O)=O)cc2)CC1. The third-order valence-corrected chi connectivity index (χ3v) is 7.32. The average molecular weight is 378 g/mol. The summed E-state index contributed by atoms with van der Waals surface area (Å²) in [5.74, 6) is 1.25. The largest absolute Gasteiger partial charge is 0.368 e. The Labute approximate surface area is 154 Å². The number of hydrogen-bond acceptors (Lipinski definition) is 5. The maximum atomic E-state index is 12.9. The van der Waals surface area contributed by atoms with Crippen LogP contribution < -0.4 is 15.8 Å². The minimum absolute atomic E-state index is 0.00865. The molecule has 4 N–H and O–H groups in total. The normalized spacial score (nSPS) is 31.5. The number of nitrogens with zero attached hydrogens (tertiary/aromatic N) is 2. The molecular formula is C18H26N4O3S. The second-order valence-electron chi connectivity index (χ2n) is 7.79. The van der Waals surface area contributed by atoms with Crippen LogP contribution in [0.25, 0.3) is 0 Å². The molecule has 1 heterocycles. The molecule has 1 amide bonds. The highest BCUT2D eigenvalue weighted by atomic mass is 32.2. The van der Waals surface area contributed by atoms with E-state index in [0.717, 1.165) is 31.6 Å². The Morgan fingerprint density at radius 2 is 1.62 bits per heavy atom. The molecule has 4 atom stereocenters. The molecule has 2 aliphatic carbocycles.